The predicted octanol–water partition coefficient (Wildman–Crippen LogP) is 5.11. The van der Waals surface area contributed by atoms with Gasteiger partial charge in [-0.15, -0.1) is 0 Å². The van der Waals surface area contributed by atoms with Gasteiger partial charge in [0.15, 0.2) is 0 Å². The number of esters is 1. The molecule has 0 N–H and O–H groups in total. The summed E-state index contributed by atoms with van der Waals surface area (Å²) in [5, 5.41) is 0. The molecule has 0 spiro atoms. The van der Waals surface area contributed by atoms with Crippen LogP contribution < -0.4 is 4.74 Å². The van der Waals surface area contributed by atoms with Crippen LogP contribution in [-0.4, -0.2) is 13.1 Å². The van der Waals surface area contributed by atoms with E-state index in [1.165, 1.54) is 7.11 Å². The van der Waals surface area contributed by atoms with E-state index in [1.54, 1.807) is 18.2 Å². The Kier molecular flexibility index (Phi) is 5.49. The Labute approximate surface area is 153 Å². The standard InChI is InChI=1S/C23H20O3/c1-17(19-11-7-4-8-12-19)21-15-20(23(24)25-2)13-14-22(21)26-16-18-9-5-3-6-10-18/h3-15H,1,16H2,2H3. The van der Waals surface area contributed by atoms with Crippen molar-refractivity contribution >= 4 is 11.5 Å². The van der Waals surface area contributed by atoms with E-state index in [9.17, 15) is 4.79 Å². The van der Waals surface area contributed by atoms with Crippen molar-refractivity contribution in [1.29, 1.82) is 0 Å². The molecule has 0 aromatic heterocycles. The third-order valence-corrected chi connectivity index (χ3v) is 4.09. The second-order valence-corrected chi connectivity index (χ2v) is 5.82. The maximum absolute atomic E-state index is 11.9. The molecule has 3 nitrogen and oxygen atoms in total. The number of carbonyl (C=O) groups is 1. The van der Waals surface area contributed by atoms with Crippen molar-refractivity contribution in [2.24, 2.45) is 0 Å². The molecule has 26 heavy (non-hydrogen) atoms. The summed E-state index contributed by atoms with van der Waals surface area (Å²) in [5.74, 6) is 0.289. The lowest BCUT2D eigenvalue weighted by atomic mass is 9.97. The molecule has 0 aliphatic heterocycles. The largest absolute Gasteiger partial charge is 0.488 e. The number of hydrogen-bond donors (Lipinski definition) is 0. The van der Waals surface area contributed by atoms with Crippen molar-refractivity contribution in [1.82, 2.24) is 0 Å². The fourth-order valence-corrected chi connectivity index (χ4v) is 2.67. The summed E-state index contributed by atoms with van der Waals surface area (Å²) in [5.41, 5.74) is 4.07. The minimum absolute atomic E-state index is 0.387. The van der Waals surface area contributed by atoms with E-state index >= 15 is 0 Å². The van der Waals surface area contributed by atoms with E-state index in [0.717, 1.165) is 22.3 Å². The van der Waals surface area contributed by atoms with Gasteiger partial charge in [-0.05, 0) is 34.9 Å². The summed E-state index contributed by atoms with van der Waals surface area (Å²) < 4.78 is 10.9. The zero-order chi connectivity index (χ0) is 18.4. The lowest BCUT2D eigenvalue weighted by Gasteiger charge is -2.15. The Bertz CT molecular complexity index is 899. The predicted molar refractivity (Wildman–Crippen MR) is 103 cm³/mol. The molecule has 0 unspecified atom stereocenters. The molecule has 0 aliphatic carbocycles. The van der Waals surface area contributed by atoms with Gasteiger partial charge in [-0.3, -0.25) is 0 Å². The molecule has 0 atom stereocenters. The Morgan fingerprint density at radius 1 is 0.885 bits per heavy atom. The van der Waals surface area contributed by atoms with Crippen molar-refractivity contribution < 1.29 is 14.3 Å². The summed E-state index contributed by atoms with van der Waals surface area (Å²) in [7, 11) is 1.37. The summed E-state index contributed by atoms with van der Waals surface area (Å²) >= 11 is 0. The van der Waals surface area contributed by atoms with Gasteiger partial charge in [0.1, 0.15) is 12.4 Å². The first-order valence-electron chi connectivity index (χ1n) is 8.33. The highest BCUT2D eigenvalue weighted by atomic mass is 16.5. The van der Waals surface area contributed by atoms with Crippen LogP contribution in [0.4, 0.5) is 0 Å². The molecule has 0 saturated heterocycles. The van der Waals surface area contributed by atoms with Gasteiger partial charge in [-0.2, -0.15) is 0 Å². The third kappa shape index (κ3) is 4.01. The molecule has 0 radical (unpaired) electrons. The average Bonchev–Trinajstić information content (AvgIpc) is 2.72. The minimum Gasteiger partial charge on any atom is -0.488 e. The van der Waals surface area contributed by atoms with Gasteiger partial charge in [-0.1, -0.05) is 67.2 Å². The molecule has 0 fully saturated rings. The Balaban J connectivity index is 1.94. The van der Waals surface area contributed by atoms with Crippen LogP contribution in [0.15, 0.2) is 85.4 Å². The highest BCUT2D eigenvalue weighted by Gasteiger charge is 2.14. The van der Waals surface area contributed by atoms with E-state index in [2.05, 4.69) is 6.58 Å². The number of rotatable bonds is 6. The van der Waals surface area contributed by atoms with Gasteiger partial charge in [0.2, 0.25) is 0 Å². The second-order valence-electron chi connectivity index (χ2n) is 5.82. The molecule has 0 bridgehead atoms. The molecule has 0 saturated carbocycles. The zero-order valence-electron chi connectivity index (χ0n) is 14.6. The smallest absolute Gasteiger partial charge is 0.337 e. The maximum Gasteiger partial charge on any atom is 0.337 e. The van der Waals surface area contributed by atoms with Crippen LogP contribution in [0.5, 0.6) is 5.75 Å². The fraction of sp³-hybridized carbons (Fsp3) is 0.0870. The number of benzene rings is 3. The van der Waals surface area contributed by atoms with Crippen LogP contribution in [0.2, 0.25) is 0 Å². The van der Waals surface area contributed by atoms with E-state index < -0.39 is 0 Å². The minimum atomic E-state index is -0.387. The first kappa shape index (κ1) is 17.5. The van der Waals surface area contributed by atoms with Gasteiger partial charge >= 0.3 is 5.97 Å². The van der Waals surface area contributed by atoms with Crippen LogP contribution in [0, 0.1) is 0 Å². The fourth-order valence-electron chi connectivity index (χ4n) is 2.67. The van der Waals surface area contributed by atoms with Crippen LogP contribution in [0.25, 0.3) is 5.57 Å². The molecular weight excluding hydrogens is 324 g/mol. The van der Waals surface area contributed by atoms with E-state index in [0.29, 0.717) is 17.9 Å². The van der Waals surface area contributed by atoms with E-state index in [-0.39, 0.29) is 5.97 Å². The van der Waals surface area contributed by atoms with E-state index in [1.807, 2.05) is 60.7 Å². The van der Waals surface area contributed by atoms with Crippen LogP contribution in [-0.2, 0) is 11.3 Å². The first-order valence-corrected chi connectivity index (χ1v) is 8.33. The van der Waals surface area contributed by atoms with Crippen molar-refractivity contribution in [2.45, 2.75) is 6.61 Å². The first-order chi connectivity index (χ1) is 12.7. The van der Waals surface area contributed by atoms with Gasteiger partial charge in [-0.25, -0.2) is 4.79 Å². The van der Waals surface area contributed by atoms with Crippen LogP contribution in [0.1, 0.15) is 27.0 Å². The lowest BCUT2D eigenvalue weighted by Crippen LogP contribution is -2.04. The molecular formula is C23H20O3. The molecule has 3 rings (SSSR count). The normalized spacial score (nSPS) is 10.2. The molecule has 0 amide bonds. The van der Waals surface area contributed by atoms with Gasteiger partial charge in [0, 0.05) is 5.56 Å². The summed E-state index contributed by atoms with van der Waals surface area (Å²) in [6.45, 7) is 4.64. The average molecular weight is 344 g/mol. The Morgan fingerprint density at radius 3 is 2.19 bits per heavy atom. The number of hydrogen-bond acceptors (Lipinski definition) is 3. The topological polar surface area (TPSA) is 35.5 Å². The highest BCUT2D eigenvalue weighted by molar-refractivity contribution is 5.92. The molecule has 3 aromatic rings. The van der Waals surface area contributed by atoms with Crippen LogP contribution >= 0.6 is 0 Å². The monoisotopic (exact) mass is 344 g/mol. The van der Waals surface area contributed by atoms with E-state index in [4.69, 9.17) is 9.47 Å². The summed E-state index contributed by atoms with van der Waals surface area (Å²) in [4.78, 5) is 11.9. The van der Waals surface area contributed by atoms with Gasteiger partial charge in [0.05, 0.1) is 12.7 Å². The molecule has 3 heteroatoms. The lowest BCUT2D eigenvalue weighted by molar-refractivity contribution is 0.0600. The van der Waals surface area contributed by atoms with Crippen molar-refractivity contribution in [3.8, 4) is 5.75 Å². The van der Waals surface area contributed by atoms with Gasteiger partial charge in [0.25, 0.3) is 0 Å². The van der Waals surface area contributed by atoms with Crippen molar-refractivity contribution in [2.75, 3.05) is 7.11 Å². The number of carbonyl (C=O) groups excluding carboxylic acids is 1. The second kappa shape index (κ2) is 8.17. The molecule has 3 aromatic carbocycles. The van der Waals surface area contributed by atoms with Gasteiger partial charge < -0.3 is 9.47 Å². The number of methoxy groups -OCH3 is 1. The Hall–Kier alpha value is -3.33. The Morgan fingerprint density at radius 2 is 1.54 bits per heavy atom. The van der Waals surface area contributed by atoms with Crippen molar-refractivity contribution in [3.05, 3.63) is 108 Å². The summed E-state index contributed by atoms with van der Waals surface area (Å²) in [6.07, 6.45) is 0. The third-order valence-electron chi connectivity index (χ3n) is 4.09. The molecule has 130 valence electrons. The molecule has 0 aliphatic rings. The number of ether oxygens (including phenoxy) is 2. The van der Waals surface area contributed by atoms with Crippen LogP contribution in [0.3, 0.4) is 0 Å². The zero-order valence-corrected chi connectivity index (χ0v) is 14.6. The highest BCUT2D eigenvalue weighted by Crippen LogP contribution is 2.31. The quantitative estimate of drug-likeness (QED) is 0.583. The maximum atomic E-state index is 11.9. The summed E-state index contributed by atoms with van der Waals surface area (Å²) in [6, 6.07) is 25.0. The van der Waals surface area contributed by atoms with Crippen molar-refractivity contribution in [3.63, 3.8) is 0 Å². The SMILES string of the molecule is C=C(c1ccccc1)c1cc(C(=O)OC)ccc1OCc1ccccc1. The molecule has 0 heterocycles.